The zero-order chi connectivity index (χ0) is 26.9. The van der Waals surface area contributed by atoms with Gasteiger partial charge in [-0.05, 0) is 48.2 Å². The maximum Gasteiger partial charge on any atom is 0.243 e. The van der Waals surface area contributed by atoms with Crippen molar-refractivity contribution in [3.05, 3.63) is 104 Å². The summed E-state index contributed by atoms with van der Waals surface area (Å²) < 4.78 is 1.02. The molecule has 8 heteroatoms. The van der Waals surface area contributed by atoms with E-state index in [1.54, 1.807) is 23.1 Å². The second-order valence-electron chi connectivity index (χ2n) is 9.54. The van der Waals surface area contributed by atoms with Gasteiger partial charge in [0.25, 0.3) is 0 Å². The van der Waals surface area contributed by atoms with Gasteiger partial charge < -0.3 is 10.2 Å². The number of rotatable bonds is 11. The van der Waals surface area contributed by atoms with E-state index in [0.717, 1.165) is 41.3 Å². The van der Waals surface area contributed by atoms with Crippen molar-refractivity contribution in [3.63, 3.8) is 0 Å². The molecule has 1 aliphatic carbocycles. The van der Waals surface area contributed by atoms with Crippen LogP contribution < -0.4 is 5.32 Å². The molecule has 3 aromatic rings. The lowest BCUT2D eigenvalue weighted by Gasteiger charge is -2.33. The van der Waals surface area contributed by atoms with Gasteiger partial charge in [-0.15, -0.1) is 11.8 Å². The Bertz CT molecular complexity index is 1200. The molecule has 0 aromatic heterocycles. The summed E-state index contributed by atoms with van der Waals surface area (Å²) in [6.07, 6.45) is 4.57. The molecule has 3 aromatic carbocycles. The number of thioether (sulfide) groups is 1. The first-order chi connectivity index (χ1) is 18.4. The van der Waals surface area contributed by atoms with Crippen molar-refractivity contribution >= 4 is 62.7 Å². The van der Waals surface area contributed by atoms with E-state index in [1.807, 2.05) is 54.6 Å². The van der Waals surface area contributed by atoms with Crippen molar-refractivity contribution < 1.29 is 9.59 Å². The SMILES string of the molecule is O=C(NC1CCCC1)C(Cc1ccccc1)N(Cc1c(Cl)cccc1Cl)C(=O)CSCc1ccc(Br)cc1. The average Bonchev–Trinajstić information content (AvgIpc) is 3.42. The number of nitrogens with zero attached hydrogens (tertiary/aromatic N) is 1. The van der Waals surface area contributed by atoms with Crippen LogP contribution in [0.3, 0.4) is 0 Å². The Balaban J connectivity index is 1.59. The molecule has 1 N–H and O–H groups in total. The molecule has 0 bridgehead atoms. The quantitative estimate of drug-likeness (QED) is 0.236. The fraction of sp³-hybridized carbons (Fsp3) is 0.333. The molecule has 1 fully saturated rings. The topological polar surface area (TPSA) is 49.4 Å². The van der Waals surface area contributed by atoms with E-state index in [-0.39, 0.29) is 30.2 Å². The largest absolute Gasteiger partial charge is 0.352 e. The summed E-state index contributed by atoms with van der Waals surface area (Å²) in [4.78, 5) is 29.2. The molecule has 0 aliphatic heterocycles. The predicted molar refractivity (Wildman–Crippen MR) is 162 cm³/mol. The Hall–Kier alpha value is -1.99. The van der Waals surface area contributed by atoms with E-state index >= 15 is 0 Å². The second-order valence-corrected chi connectivity index (χ2v) is 12.3. The standard InChI is InChI=1S/C30H31BrCl2N2O2S/c31-23-15-13-22(14-16-23)19-38-20-29(36)35(18-25-26(32)11-6-12-27(25)33)28(17-21-7-2-1-3-8-21)30(37)34-24-9-4-5-10-24/h1-3,6-8,11-16,24,28H,4-5,9-10,17-20H2,(H,34,37). The van der Waals surface area contributed by atoms with Crippen LogP contribution in [0.4, 0.5) is 0 Å². The molecule has 0 spiro atoms. The number of hydrogen-bond acceptors (Lipinski definition) is 3. The highest BCUT2D eigenvalue weighted by Gasteiger charge is 2.32. The highest BCUT2D eigenvalue weighted by atomic mass is 79.9. The molecule has 4 rings (SSSR count). The lowest BCUT2D eigenvalue weighted by molar-refractivity contribution is -0.139. The van der Waals surface area contributed by atoms with E-state index in [4.69, 9.17) is 23.2 Å². The molecule has 0 saturated heterocycles. The van der Waals surface area contributed by atoms with Crippen LogP contribution in [-0.2, 0) is 28.3 Å². The Morgan fingerprint density at radius 2 is 1.58 bits per heavy atom. The molecule has 0 heterocycles. The van der Waals surface area contributed by atoms with Gasteiger partial charge in [-0.3, -0.25) is 9.59 Å². The van der Waals surface area contributed by atoms with Crippen LogP contribution in [0.5, 0.6) is 0 Å². The number of carbonyl (C=O) groups is 2. The van der Waals surface area contributed by atoms with Gasteiger partial charge in [-0.2, -0.15) is 0 Å². The first kappa shape index (κ1) is 29.0. The lowest BCUT2D eigenvalue weighted by atomic mass is 10.0. The minimum atomic E-state index is -0.689. The molecule has 1 aliphatic rings. The maximum atomic E-state index is 13.8. The number of halogens is 3. The summed E-state index contributed by atoms with van der Waals surface area (Å²) in [6, 6.07) is 22.7. The van der Waals surface area contributed by atoms with Crippen molar-refractivity contribution in [1.29, 1.82) is 0 Å². The molecule has 1 saturated carbocycles. The van der Waals surface area contributed by atoms with Gasteiger partial charge in [0.1, 0.15) is 6.04 Å². The van der Waals surface area contributed by atoms with Crippen LogP contribution in [0.1, 0.15) is 42.4 Å². The van der Waals surface area contributed by atoms with Gasteiger partial charge in [0, 0.05) is 44.8 Å². The summed E-state index contributed by atoms with van der Waals surface area (Å²) in [5.74, 6) is 0.679. The third-order valence-electron chi connectivity index (χ3n) is 6.77. The van der Waals surface area contributed by atoms with E-state index in [1.165, 1.54) is 11.8 Å². The number of carbonyl (C=O) groups excluding carboxylic acids is 2. The molecule has 0 radical (unpaired) electrons. The first-order valence-corrected chi connectivity index (χ1v) is 15.5. The Morgan fingerprint density at radius 3 is 2.24 bits per heavy atom. The number of benzene rings is 3. The van der Waals surface area contributed by atoms with Crippen molar-refractivity contribution in [2.75, 3.05) is 5.75 Å². The van der Waals surface area contributed by atoms with Crippen LogP contribution in [-0.4, -0.2) is 34.6 Å². The van der Waals surface area contributed by atoms with Crippen molar-refractivity contribution in [2.24, 2.45) is 0 Å². The fourth-order valence-electron chi connectivity index (χ4n) is 4.69. The second kappa shape index (κ2) is 14.4. The minimum Gasteiger partial charge on any atom is -0.352 e. The van der Waals surface area contributed by atoms with E-state index in [2.05, 4.69) is 21.2 Å². The number of hydrogen-bond donors (Lipinski definition) is 1. The molecule has 2 amide bonds. The summed E-state index contributed by atoms with van der Waals surface area (Å²) >= 11 is 18.0. The summed E-state index contributed by atoms with van der Waals surface area (Å²) in [7, 11) is 0. The van der Waals surface area contributed by atoms with Crippen molar-refractivity contribution in [1.82, 2.24) is 10.2 Å². The summed E-state index contributed by atoms with van der Waals surface area (Å²) in [5, 5.41) is 4.19. The molecule has 4 nitrogen and oxygen atoms in total. The Kier molecular flexibility index (Phi) is 11.0. The minimum absolute atomic E-state index is 0.120. The van der Waals surface area contributed by atoms with Gasteiger partial charge >= 0.3 is 0 Å². The smallest absolute Gasteiger partial charge is 0.243 e. The molecule has 1 unspecified atom stereocenters. The number of amides is 2. The van der Waals surface area contributed by atoms with Crippen LogP contribution in [0.15, 0.2) is 77.3 Å². The molecule has 38 heavy (non-hydrogen) atoms. The normalized spacial score (nSPS) is 14.3. The van der Waals surface area contributed by atoms with E-state index < -0.39 is 6.04 Å². The Morgan fingerprint density at radius 1 is 0.921 bits per heavy atom. The van der Waals surface area contributed by atoms with Crippen molar-refractivity contribution in [2.45, 2.75) is 56.5 Å². The zero-order valence-corrected chi connectivity index (χ0v) is 25.0. The fourth-order valence-corrected chi connectivity index (χ4v) is 6.35. The van der Waals surface area contributed by atoms with Gasteiger partial charge in [-0.25, -0.2) is 0 Å². The number of nitrogens with one attached hydrogen (secondary N) is 1. The van der Waals surface area contributed by atoms with Crippen molar-refractivity contribution in [3.8, 4) is 0 Å². The zero-order valence-electron chi connectivity index (χ0n) is 21.0. The molecule has 1 atom stereocenters. The average molecular weight is 634 g/mol. The van der Waals surface area contributed by atoms with Crippen LogP contribution in [0.2, 0.25) is 10.0 Å². The Labute approximate surface area is 247 Å². The molecule has 200 valence electrons. The first-order valence-electron chi connectivity index (χ1n) is 12.8. The maximum absolute atomic E-state index is 13.8. The van der Waals surface area contributed by atoms with Crippen LogP contribution >= 0.6 is 50.9 Å². The molecular formula is C30H31BrCl2N2O2S. The van der Waals surface area contributed by atoms with Gasteiger partial charge in [-0.1, -0.05) is 101 Å². The summed E-state index contributed by atoms with van der Waals surface area (Å²) in [5.41, 5.74) is 2.77. The molecular weight excluding hydrogens is 603 g/mol. The highest BCUT2D eigenvalue weighted by Crippen LogP contribution is 2.28. The van der Waals surface area contributed by atoms with E-state index in [9.17, 15) is 9.59 Å². The lowest BCUT2D eigenvalue weighted by Crippen LogP contribution is -2.52. The highest BCUT2D eigenvalue weighted by molar-refractivity contribution is 9.10. The van der Waals surface area contributed by atoms with Crippen LogP contribution in [0.25, 0.3) is 0 Å². The third kappa shape index (κ3) is 8.25. The summed E-state index contributed by atoms with van der Waals surface area (Å²) in [6.45, 7) is 0.159. The third-order valence-corrected chi connectivity index (χ3v) is 9.00. The van der Waals surface area contributed by atoms with Gasteiger partial charge in [0.2, 0.25) is 11.8 Å². The van der Waals surface area contributed by atoms with Gasteiger partial charge in [0.15, 0.2) is 0 Å². The monoisotopic (exact) mass is 632 g/mol. The van der Waals surface area contributed by atoms with Crippen LogP contribution in [0, 0.1) is 0 Å². The predicted octanol–water partition coefficient (Wildman–Crippen LogP) is 7.69. The van der Waals surface area contributed by atoms with E-state index in [0.29, 0.717) is 27.8 Å². The van der Waals surface area contributed by atoms with Gasteiger partial charge in [0.05, 0.1) is 5.75 Å².